The predicted octanol–water partition coefficient (Wildman–Crippen LogP) is 3.39. The van der Waals surface area contributed by atoms with E-state index in [1.807, 2.05) is 6.92 Å². The average molecular weight is 184 g/mol. The number of aliphatic hydroxyl groups excluding tert-OH is 1. The summed E-state index contributed by atoms with van der Waals surface area (Å²) in [5, 5.41) is 9.25. The van der Waals surface area contributed by atoms with Crippen molar-refractivity contribution in [1.29, 1.82) is 0 Å². The van der Waals surface area contributed by atoms with Gasteiger partial charge < -0.3 is 5.11 Å². The Labute approximate surface area is 82.9 Å². The zero-order valence-corrected chi connectivity index (χ0v) is 9.67. The Morgan fingerprint density at radius 3 is 2.08 bits per heavy atom. The van der Waals surface area contributed by atoms with Gasteiger partial charge in [-0.15, -0.1) is 0 Å². The van der Waals surface area contributed by atoms with Crippen LogP contribution < -0.4 is 0 Å². The van der Waals surface area contributed by atoms with Crippen LogP contribution in [0.3, 0.4) is 0 Å². The minimum atomic E-state index is -0.195. The van der Waals surface area contributed by atoms with Crippen molar-refractivity contribution >= 4 is 0 Å². The molecule has 0 heterocycles. The Balaban J connectivity index is 3.64. The van der Waals surface area contributed by atoms with Gasteiger partial charge in [-0.1, -0.05) is 39.8 Å². The highest BCUT2D eigenvalue weighted by molar-refractivity contribution is 4.87. The van der Waals surface area contributed by atoms with Gasteiger partial charge in [0.15, 0.2) is 0 Å². The molecule has 0 aromatic carbocycles. The minimum absolute atomic E-state index is 0.195. The highest BCUT2D eigenvalue weighted by Crippen LogP contribution is 2.19. The molecule has 0 aliphatic heterocycles. The first-order chi connectivity index (χ1) is 5.83. The third-order valence-electron chi connectivity index (χ3n) is 2.23. The van der Waals surface area contributed by atoms with Gasteiger partial charge in [0.25, 0.3) is 0 Å². The Hall–Kier alpha value is -0.300. The molecular weight excluding hydrogens is 160 g/mol. The molecular formula is C12H24O. The standard InChI is InChI=1S/C12H24O/c1-10(11(2)13)8-6-7-9-12(3,4)5/h6-7,10-11,13H,8-9H2,1-5H3/b7-6-/t10-,11-/m0/s1. The number of rotatable bonds is 4. The molecule has 0 fully saturated rings. The molecule has 1 N–H and O–H groups in total. The van der Waals surface area contributed by atoms with E-state index in [-0.39, 0.29) is 6.10 Å². The number of allylic oxidation sites excluding steroid dienone is 2. The summed E-state index contributed by atoms with van der Waals surface area (Å²) in [7, 11) is 0. The molecule has 0 saturated carbocycles. The van der Waals surface area contributed by atoms with Crippen molar-refractivity contribution in [1.82, 2.24) is 0 Å². The second-order valence-corrected chi connectivity index (χ2v) is 5.19. The number of hydrogen-bond acceptors (Lipinski definition) is 1. The largest absolute Gasteiger partial charge is 0.393 e. The van der Waals surface area contributed by atoms with Crippen LogP contribution in [0.4, 0.5) is 0 Å². The number of hydrogen-bond donors (Lipinski definition) is 1. The normalized spacial score (nSPS) is 17.7. The first kappa shape index (κ1) is 12.7. The molecule has 2 atom stereocenters. The van der Waals surface area contributed by atoms with Gasteiger partial charge in [-0.3, -0.25) is 0 Å². The zero-order valence-electron chi connectivity index (χ0n) is 9.67. The molecule has 1 heteroatoms. The molecule has 1 nitrogen and oxygen atoms in total. The van der Waals surface area contributed by atoms with Gasteiger partial charge in [0.05, 0.1) is 6.10 Å². The fraction of sp³-hybridized carbons (Fsp3) is 0.833. The molecule has 0 bridgehead atoms. The first-order valence-electron chi connectivity index (χ1n) is 5.16. The van der Waals surface area contributed by atoms with E-state index in [4.69, 9.17) is 0 Å². The van der Waals surface area contributed by atoms with Crippen molar-refractivity contribution in [2.24, 2.45) is 11.3 Å². The van der Waals surface area contributed by atoms with Crippen molar-refractivity contribution in [2.75, 3.05) is 0 Å². The van der Waals surface area contributed by atoms with Crippen molar-refractivity contribution in [2.45, 2.75) is 53.6 Å². The van der Waals surface area contributed by atoms with E-state index in [0.29, 0.717) is 11.3 Å². The fourth-order valence-corrected chi connectivity index (χ4v) is 0.945. The second-order valence-electron chi connectivity index (χ2n) is 5.19. The van der Waals surface area contributed by atoms with Gasteiger partial charge in [-0.05, 0) is 31.1 Å². The molecule has 0 saturated heterocycles. The lowest BCUT2D eigenvalue weighted by molar-refractivity contribution is 0.136. The summed E-state index contributed by atoms with van der Waals surface area (Å²) in [5.41, 5.74) is 0.380. The van der Waals surface area contributed by atoms with Crippen LogP contribution in [0, 0.1) is 11.3 Å². The summed E-state index contributed by atoms with van der Waals surface area (Å²) in [6.45, 7) is 10.6. The van der Waals surface area contributed by atoms with Gasteiger partial charge in [-0.2, -0.15) is 0 Å². The van der Waals surface area contributed by atoms with Gasteiger partial charge >= 0.3 is 0 Å². The summed E-state index contributed by atoms with van der Waals surface area (Å²) in [6, 6.07) is 0. The van der Waals surface area contributed by atoms with E-state index in [1.54, 1.807) is 0 Å². The SMILES string of the molecule is C[C@H](O)[C@@H](C)C/C=C\CC(C)(C)C. The van der Waals surface area contributed by atoms with Crippen LogP contribution in [-0.4, -0.2) is 11.2 Å². The van der Waals surface area contributed by atoms with Crippen molar-refractivity contribution in [3.63, 3.8) is 0 Å². The molecule has 0 aromatic heterocycles. The van der Waals surface area contributed by atoms with Gasteiger partial charge in [0.2, 0.25) is 0 Å². The molecule has 0 aliphatic rings. The molecule has 0 unspecified atom stereocenters. The quantitative estimate of drug-likeness (QED) is 0.664. The van der Waals surface area contributed by atoms with Crippen molar-refractivity contribution < 1.29 is 5.11 Å². The van der Waals surface area contributed by atoms with Gasteiger partial charge in [0, 0.05) is 0 Å². The molecule has 78 valence electrons. The minimum Gasteiger partial charge on any atom is -0.393 e. The summed E-state index contributed by atoms with van der Waals surface area (Å²) in [6.07, 6.45) is 6.30. The van der Waals surface area contributed by atoms with E-state index in [2.05, 4.69) is 39.8 Å². The predicted molar refractivity (Wildman–Crippen MR) is 58.7 cm³/mol. The van der Waals surface area contributed by atoms with E-state index in [1.165, 1.54) is 0 Å². The average Bonchev–Trinajstić information content (AvgIpc) is 1.95. The maximum absolute atomic E-state index is 9.25. The monoisotopic (exact) mass is 184 g/mol. The van der Waals surface area contributed by atoms with Crippen LogP contribution in [0.5, 0.6) is 0 Å². The fourth-order valence-electron chi connectivity index (χ4n) is 0.945. The van der Waals surface area contributed by atoms with E-state index in [0.717, 1.165) is 12.8 Å². The zero-order chi connectivity index (χ0) is 10.5. The van der Waals surface area contributed by atoms with Crippen molar-refractivity contribution in [3.05, 3.63) is 12.2 Å². The molecule has 0 aliphatic carbocycles. The third-order valence-corrected chi connectivity index (χ3v) is 2.23. The van der Waals surface area contributed by atoms with Gasteiger partial charge in [0.1, 0.15) is 0 Å². The second kappa shape index (κ2) is 5.43. The van der Waals surface area contributed by atoms with Crippen LogP contribution in [0.25, 0.3) is 0 Å². The molecule has 0 spiro atoms. The van der Waals surface area contributed by atoms with Crippen LogP contribution in [0.2, 0.25) is 0 Å². The highest BCUT2D eigenvalue weighted by Gasteiger charge is 2.08. The molecule has 0 amide bonds. The number of aliphatic hydroxyl groups is 1. The Kier molecular flexibility index (Phi) is 5.31. The van der Waals surface area contributed by atoms with E-state index in [9.17, 15) is 5.11 Å². The van der Waals surface area contributed by atoms with Crippen LogP contribution in [0.1, 0.15) is 47.5 Å². The molecule has 13 heavy (non-hydrogen) atoms. The lowest BCUT2D eigenvalue weighted by atomic mass is 9.91. The summed E-state index contributed by atoms with van der Waals surface area (Å²) in [4.78, 5) is 0. The summed E-state index contributed by atoms with van der Waals surface area (Å²) >= 11 is 0. The first-order valence-corrected chi connectivity index (χ1v) is 5.16. The van der Waals surface area contributed by atoms with E-state index < -0.39 is 0 Å². The van der Waals surface area contributed by atoms with Crippen LogP contribution in [0.15, 0.2) is 12.2 Å². The summed E-state index contributed by atoms with van der Waals surface area (Å²) < 4.78 is 0. The maximum atomic E-state index is 9.25. The Morgan fingerprint density at radius 1 is 1.15 bits per heavy atom. The maximum Gasteiger partial charge on any atom is 0.0540 e. The van der Waals surface area contributed by atoms with Crippen molar-refractivity contribution in [3.8, 4) is 0 Å². The summed E-state index contributed by atoms with van der Waals surface area (Å²) in [5.74, 6) is 0.371. The Bertz CT molecular complexity index is 151. The topological polar surface area (TPSA) is 20.2 Å². The molecule has 0 rings (SSSR count). The third kappa shape index (κ3) is 8.04. The smallest absolute Gasteiger partial charge is 0.0540 e. The highest BCUT2D eigenvalue weighted by atomic mass is 16.3. The lowest BCUT2D eigenvalue weighted by Gasteiger charge is -2.15. The van der Waals surface area contributed by atoms with Crippen LogP contribution >= 0.6 is 0 Å². The lowest BCUT2D eigenvalue weighted by Crippen LogP contribution is -2.11. The molecule has 0 aromatic rings. The molecule has 0 radical (unpaired) electrons. The van der Waals surface area contributed by atoms with Gasteiger partial charge in [-0.25, -0.2) is 0 Å². The van der Waals surface area contributed by atoms with E-state index >= 15 is 0 Å². The Morgan fingerprint density at radius 2 is 1.69 bits per heavy atom. The van der Waals surface area contributed by atoms with Crippen LogP contribution in [-0.2, 0) is 0 Å².